The zero-order chi connectivity index (χ0) is 14.0. The van der Waals surface area contributed by atoms with Crippen LogP contribution in [0.4, 0.5) is 5.69 Å². The number of hydrogen-bond donors (Lipinski definition) is 1. The molecule has 0 saturated heterocycles. The fourth-order valence-electron chi connectivity index (χ4n) is 2.28. The second-order valence-corrected chi connectivity index (χ2v) is 4.96. The lowest BCUT2D eigenvalue weighted by molar-refractivity contribution is -0.114. The van der Waals surface area contributed by atoms with Crippen LogP contribution in [0, 0.1) is 0 Å². The molecule has 0 bridgehead atoms. The molecular weight excluding hydrogens is 242 g/mol. The molecule has 1 aliphatic heterocycles. The van der Waals surface area contributed by atoms with Crippen LogP contribution in [0.2, 0.25) is 0 Å². The average molecular weight is 259 g/mol. The van der Waals surface area contributed by atoms with E-state index in [9.17, 15) is 9.59 Å². The number of anilines is 1. The van der Waals surface area contributed by atoms with Crippen molar-refractivity contribution >= 4 is 17.6 Å². The first-order valence-electron chi connectivity index (χ1n) is 6.31. The molecule has 19 heavy (non-hydrogen) atoms. The molecule has 0 saturated carbocycles. The molecule has 1 amide bonds. The Kier molecular flexibility index (Phi) is 3.69. The third-order valence-electron chi connectivity index (χ3n) is 3.12. The summed E-state index contributed by atoms with van der Waals surface area (Å²) in [6, 6.07) is 4.95. The summed E-state index contributed by atoms with van der Waals surface area (Å²) in [6.07, 6.45) is 3.29. The van der Waals surface area contributed by atoms with E-state index in [0.717, 1.165) is 29.7 Å². The number of benzene rings is 1. The van der Waals surface area contributed by atoms with Crippen LogP contribution in [0.15, 0.2) is 29.8 Å². The van der Waals surface area contributed by atoms with E-state index in [-0.39, 0.29) is 11.5 Å². The van der Waals surface area contributed by atoms with Gasteiger partial charge in [-0.25, -0.2) is 4.79 Å². The highest BCUT2D eigenvalue weighted by molar-refractivity contribution is 6.03. The normalized spacial score (nSPS) is 13.7. The van der Waals surface area contributed by atoms with Gasteiger partial charge in [-0.1, -0.05) is 5.57 Å². The van der Waals surface area contributed by atoms with Crippen molar-refractivity contribution in [3.8, 4) is 0 Å². The molecule has 1 heterocycles. The summed E-state index contributed by atoms with van der Waals surface area (Å²) in [5.41, 5.74) is 3.00. The SMILES string of the molecule is CC(C)=CC(=O)N1CCCc2cc(C(=O)O)ccc21. The van der Waals surface area contributed by atoms with E-state index in [1.165, 1.54) is 0 Å². The summed E-state index contributed by atoms with van der Waals surface area (Å²) in [5, 5.41) is 8.99. The monoisotopic (exact) mass is 259 g/mol. The Hall–Kier alpha value is -2.10. The van der Waals surface area contributed by atoms with E-state index < -0.39 is 5.97 Å². The van der Waals surface area contributed by atoms with Gasteiger partial charge in [0.05, 0.1) is 5.56 Å². The Morgan fingerprint density at radius 1 is 1.32 bits per heavy atom. The van der Waals surface area contributed by atoms with Gasteiger partial charge in [0.15, 0.2) is 0 Å². The Morgan fingerprint density at radius 3 is 2.68 bits per heavy atom. The van der Waals surface area contributed by atoms with Crippen LogP contribution in [0.5, 0.6) is 0 Å². The molecule has 1 aromatic carbocycles. The van der Waals surface area contributed by atoms with Crippen molar-refractivity contribution in [2.75, 3.05) is 11.4 Å². The molecule has 2 rings (SSSR count). The molecule has 4 nitrogen and oxygen atoms in total. The Balaban J connectivity index is 2.37. The molecular formula is C15H17NO3. The number of carboxylic acids is 1. The lowest BCUT2D eigenvalue weighted by Gasteiger charge is -2.29. The van der Waals surface area contributed by atoms with E-state index in [1.807, 2.05) is 13.8 Å². The van der Waals surface area contributed by atoms with Gasteiger partial charge in [-0.3, -0.25) is 4.79 Å². The van der Waals surface area contributed by atoms with Gasteiger partial charge in [0.2, 0.25) is 0 Å². The molecule has 0 atom stereocenters. The Bertz CT molecular complexity index is 557. The number of allylic oxidation sites excluding steroid dienone is 1. The third-order valence-corrected chi connectivity index (χ3v) is 3.12. The van der Waals surface area contributed by atoms with Crippen LogP contribution in [-0.2, 0) is 11.2 Å². The van der Waals surface area contributed by atoms with Crippen molar-refractivity contribution in [2.45, 2.75) is 26.7 Å². The van der Waals surface area contributed by atoms with E-state index in [0.29, 0.717) is 6.54 Å². The maximum Gasteiger partial charge on any atom is 0.335 e. The van der Waals surface area contributed by atoms with Gasteiger partial charge < -0.3 is 10.0 Å². The Labute approximate surface area is 112 Å². The number of carbonyl (C=O) groups excluding carboxylic acids is 1. The molecule has 1 N–H and O–H groups in total. The molecule has 1 aromatic rings. The lowest BCUT2D eigenvalue weighted by Crippen LogP contribution is -2.34. The molecule has 0 fully saturated rings. The molecule has 1 aliphatic rings. The zero-order valence-corrected chi connectivity index (χ0v) is 11.1. The summed E-state index contributed by atoms with van der Waals surface area (Å²) < 4.78 is 0. The number of hydrogen-bond acceptors (Lipinski definition) is 2. The van der Waals surface area contributed by atoms with Crippen molar-refractivity contribution in [3.05, 3.63) is 41.0 Å². The lowest BCUT2D eigenvalue weighted by atomic mass is 9.99. The van der Waals surface area contributed by atoms with Crippen LogP contribution in [0.3, 0.4) is 0 Å². The molecule has 100 valence electrons. The third kappa shape index (κ3) is 2.84. The number of aromatic carboxylic acids is 1. The van der Waals surface area contributed by atoms with E-state index >= 15 is 0 Å². The van der Waals surface area contributed by atoms with Crippen LogP contribution in [-0.4, -0.2) is 23.5 Å². The molecule has 0 spiro atoms. The van der Waals surface area contributed by atoms with Crippen LogP contribution >= 0.6 is 0 Å². The Morgan fingerprint density at radius 2 is 2.05 bits per heavy atom. The van der Waals surface area contributed by atoms with Gasteiger partial charge in [0.1, 0.15) is 0 Å². The quantitative estimate of drug-likeness (QED) is 0.831. The first-order chi connectivity index (χ1) is 8.99. The molecule has 0 aromatic heterocycles. The van der Waals surface area contributed by atoms with Crippen LogP contribution < -0.4 is 4.90 Å². The van der Waals surface area contributed by atoms with Crippen molar-refractivity contribution < 1.29 is 14.7 Å². The number of carbonyl (C=O) groups is 2. The number of fused-ring (bicyclic) bond motifs is 1. The highest BCUT2D eigenvalue weighted by Gasteiger charge is 2.22. The second kappa shape index (κ2) is 5.26. The average Bonchev–Trinajstić information content (AvgIpc) is 2.36. The van der Waals surface area contributed by atoms with Gasteiger partial charge in [0.25, 0.3) is 5.91 Å². The standard InChI is InChI=1S/C15H17NO3/c1-10(2)8-14(17)16-7-3-4-11-9-12(15(18)19)5-6-13(11)16/h5-6,8-9H,3-4,7H2,1-2H3,(H,18,19). The molecule has 4 heteroatoms. The largest absolute Gasteiger partial charge is 0.478 e. The number of aryl methyl sites for hydroxylation is 1. The summed E-state index contributed by atoms with van der Waals surface area (Å²) in [6.45, 7) is 4.45. The molecule has 0 aliphatic carbocycles. The van der Waals surface area contributed by atoms with Gasteiger partial charge in [-0.05, 0) is 50.5 Å². The number of carboxylic acid groups (broad SMARTS) is 1. The van der Waals surface area contributed by atoms with Crippen molar-refractivity contribution in [1.82, 2.24) is 0 Å². The topological polar surface area (TPSA) is 57.6 Å². The molecule has 0 unspecified atom stereocenters. The minimum absolute atomic E-state index is 0.0379. The first-order valence-corrected chi connectivity index (χ1v) is 6.31. The predicted molar refractivity (Wildman–Crippen MR) is 73.5 cm³/mol. The van der Waals surface area contributed by atoms with E-state index in [4.69, 9.17) is 5.11 Å². The van der Waals surface area contributed by atoms with Gasteiger partial charge in [-0.15, -0.1) is 0 Å². The summed E-state index contributed by atoms with van der Waals surface area (Å²) in [5.74, 6) is -0.973. The second-order valence-electron chi connectivity index (χ2n) is 4.96. The highest BCUT2D eigenvalue weighted by Crippen LogP contribution is 2.28. The van der Waals surface area contributed by atoms with E-state index in [1.54, 1.807) is 29.2 Å². The fraction of sp³-hybridized carbons (Fsp3) is 0.333. The summed E-state index contributed by atoms with van der Waals surface area (Å²) >= 11 is 0. The maximum atomic E-state index is 12.1. The summed E-state index contributed by atoms with van der Waals surface area (Å²) in [4.78, 5) is 24.8. The number of amides is 1. The maximum absolute atomic E-state index is 12.1. The minimum Gasteiger partial charge on any atom is -0.478 e. The smallest absolute Gasteiger partial charge is 0.335 e. The number of rotatable bonds is 2. The first kappa shape index (κ1) is 13.3. The van der Waals surface area contributed by atoms with Gasteiger partial charge in [0, 0.05) is 18.3 Å². The van der Waals surface area contributed by atoms with Crippen molar-refractivity contribution in [1.29, 1.82) is 0 Å². The summed E-state index contributed by atoms with van der Waals surface area (Å²) in [7, 11) is 0. The van der Waals surface area contributed by atoms with Crippen molar-refractivity contribution in [2.24, 2.45) is 0 Å². The van der Waals surface area contributed by atoms with Crippen molar-refractivity contribution in [3.63, 3.8) is 0 Å². The molecule has 0 radical (unpaired) electrons. The fourth-order valence-corrected chi connectivity index (χ4v) is 2.28. The minimum atomic E-state index is -0.935. The predicted octanol–water partition coefficient (Wildman–Crippen LogP) is 2.63. The highest BCUT2D eigenvalue weighted by atomic mass is 16.4. The van der Waals surface area contributed by atoms with E-state index in [2.05, 4.69) is 0 Å². The van der Waals surface area contributed by atoms with Crippen LogP contribution in [0.1, 0.15) is 36.2 Å². The zero-order valence-electron chi connectivity index (χ0n) is 11.1. The van der Waals surface area contributed by atoms with Gasteiger partial charge in [-0.2, -0.15) is 0 Å². The van der Waals surface area contributed by atoms with Gasteiger partial charge >= 0.3 is 5.97 Å². The number of nitrogens with zero attached hydrogens (tertiary/aromatic N) is 1. The van der Waals surface area contributed by atoms with Crippen LogP contribution in [0.25, 0.3) is 0 Å².